The first-order chi connectivity index (χ1) is 18.3. The average Bonchev–Trinajstić information content (AvgIpc) is 3.42. The van der Waals surface area contributed by atoms with Crippen molar-refractivity contribution in [3.8, 4) is 11.1 Å². The Morgan fingerprint density at radius 2 is 1.95 bits per heavy atom. The van der Waals surface area contributed by atoms with Crippen LogP contribution in [0.5, 0.6) is 0 Å². The van der Waals surface area contributed by atoms with E-state index in [2.05, 4.69) is 15.1 Å². The van der Waals surface area contributed by atoms with Gasteiger partial charge in [-0.15, -0.1) is 0 Å². The van der Waals surface area contributed by atoms with Crippen molar-refractivity contribution in [1.29, 1.82) is 0 Å². The first-order valence-corrected chi connectivity index (χ1v) is 14.1. The Morgan fingerprint density at radius 1 is 1.21 bits per heavy atom. The molecular weight excluding hydrogens is 523 g/mol. The van der Waals surface area contributed by atoms with Crippen molar-refractivity contribution in [3.05, 3.63) is 70.0 Å². The van der Waals surface area contributed by atoms with Gasteiger partial charge in [0.2, 0.25) is 16.0 Å². The molecule has 3 N–H and O–H groups in total. The van der Waals surface area contributed by atoms with Crippen LogP contribution < -0.4 is 15.6 Å². The lowest BCUT2D eigenvalue weighted by atomic mass is 9.98. The Hall–Kier alpha value is -3.61. The van der Waals surface area contributed by atoms with Gasteiger partial charge in [0.1, 0.15) is 5.82 Å². The summed E-state index contributed by atoms with van der Waals surface area (Å²) in [5.41, 5.74) is 1.52. The fraction of sp³-hybridized carbons (Fsp3) is 0.370. The SMILES string of the molecule is Cc1cc(F)ccc1-c1cc(S(=O)(=O)NC2(C)CC2)cc2c(=O)n(Cc3cnn(C)c3)c(NC[C@H](C)O)nc12. The van der Waals surface area contributed by atoms with E-state index in [-0.39, 0.29) is 34.8 Å². The number of aliphatic hydroxyl groups is 1. The second-order valence-corrected chi connectivity index (χ2v) is 12.3. The number of benzene rings is 2. The Morgan fingerprint density at radius 3 is 2.56 bits per heavy atom. The second-order valence-electron chi connectivity index (χ2n) is 10.6. The molecule has 12 heteroatoms. The lowest BCUT2D eigenvalue weighted by Crippen LogP contribution is -2.34. The van der Waals surface area contributed by atoms with Crippen molar-refractivity contribution in [3.63, 3.8) is 0 Å². The molecule has 1 saturated carbocycles. The van der Waals surface area contributed by atoms with Gasteiger partial charge < -0.3 is 10.4 Å². The maximum absolute atomic E-state index is 14.0. The molecule has 2 aromatic heterocycles. The fourth-order valence-corrected chi connectivity index (χ4v) is 6.04. The van der Waals surface area contributed by atoms with Crippen LogP contribution in [0.1, 0.15) is 37.8 Å². The summed E-state index contributed by atoms with van der Waals surface area (Å²) in [6.45, 7) is 5.40. The van der Waals surface area contributed by atoms with Gasteiger partial charge in [-0.25, -0.2) is 22.5 Å². The third-order valence-electron chi connectivity index (χ3n) is 6.86. The number of halogens is 1. The highest BCUT2D eigenvalue weighted by molar-refractivity contribution is 7.89. The van der Waals surface area contributed by atoms with E-state index >= 15 is 0 Å². The third-order valence-corrected chi connectivity index (χ3v) is 8.47. The lowest BCUT2D eigenvalue weighted by molar-refractivity contribution is 0.208. The van der Waals surface area contributed by atoms with Crippen LogP contribution in [0.15, 0.2) is 52.4 Å². The molecule has 1 fully saturated rings. The van der Waals surface area contributed by atoms with E-state index in [0.717, 1.165) is 18.4 Å². The molecule has 0 unspecified atom stereocenters. The Bertz CT molecular complexity index is 1740. The molecule has 0 saturated heterocycles. The summed E-state index contributed by atoms with van der Waals surface area (Å²) in [7, 11) is -2.21. The molecule has 0 aliphatic heterocycles. The molecule has 4 aromatic rings. The summed E-state index contributed by atoms with van der Waals surface area (Å²) < 4.78 is 46.6. The van der Waals surface area contributed by atoms with Crippen LogP contribution in [0.4, 0.5) is 10.3 Å². The van der Waals surface area contributed by atoms with Crippen LogP contribution in [0.3, 0.4) is 0 Å². The molecule has 1 aliphatic rings. The van der Waals surface area contributed by atoms with Gasteiger partial charge in [0.25, 0.3) is 5.56 Å². The molecule has 0 amide bonds. The lowest BCUT2D eigenvalue weighted by Gasteiger charge is -2.19. The van der Waals surface area contributed by atoms with Crippen LogP contribution in [-0.2, 0) is 23.6 Å². The van der Waals surface area contributed by atoms with Crippen LogP contribution in [-0.4, -0.2) is 51.0 Å². The molecular formula is C27H31FN6O4S. The zero-order valence-corrected chi connectivity index (χ0v) is 23.0. The van der Waals surface area contributed by atoms with E-state index in [1.807, 2.05) is 6.92 Å². The van der Waals surface area contributed by atoms with Gasteiger partial charge in [0.05, 0.1) is 34.6 Å². The smallest absolute Gasteiger partial charge is 0.263 e. The minimum Gasteiger partial charge on any atom is -0.392 e. The molecule has 5 rings (SSSR count). The first-order valence-electron chi connectivity index (χ1n) is 12.6. The van der Waals surface area contributed by atoms with Crippen molar-refractivity contribution >= 4 is 26.9 Å². The number of hydrogen-bond acceptors (Lipinski definition) is 7. The zero-order valence-electron chi connectivity index (χ0n) is 22.2. The summed E-state index contributed by atoms with van der Waals surface area (Å²) in [5.74, 6) is -0.226. The average molecular weight is 555 g/mol. The summed E-state index contributed by atoms with van der Waals surface area (Å²) in [6, 6.07) is 7.01. The maximum Gasteiger partial charge on any atom is 0.263 e. The number of anilines is 1. The molecule has 0 radical (unpaired) electrons. The number of fused-ring (bicyclic) bond motifs is 1. The summed E-state index contributed by atoms with van der Waals surface area (Å²) >= 11 is 0. The highest BCUT2D eigenvalue weighted by Gasteiger charge is 2.41. The largest absolute Gasteiger partial charge is 0.392 e. The van der Waals surface area contributed by atoms with Gasteiger partial charge in [-0.05, 0) is 69.0 Å². The predicted molar refractivity (Wildman–Crippen MR) is 147 cm³/mol. The van der Waals surface area contributed by atoms with Gasteiger partial charge in [0, 0.05) is 36.5 Å². The Balaban J connectivity index is 1.79. The molecule has 206 valence electrons. The van der Waals surface area contributed by atoms with Gasteiger partial charge in [-0.3, -0.25) is 14.0 Å². The number of sulfonamides is 1. The van der Waals surface area contributed by atoms with Crippen molar-refractivity contribution in [2.24, 2.45) is 7.05 Å². The number of rotatable bonds is 9. The van der Waals surface area contributed by atoms with Gasteiger partial charge in [0.15, 0.2) is 0 Å². The fourth-order valence-electron chi connectivity index (χ4n) is 4.52. The van der Waals surface area contributed by atoms with Crippen molar-refractivity contribution in [2.45, 2.75) is 56.7 Å². The van der Waals surface area contributed by atoms with E-state index in [9.17, 15) is 22.7 Å². The number of hydrogen-bond donors (Lipinski definition) is 3. The van der Waals surface area contributed by atoms with Gasteiger partial charge in [-0.2, -0.15) is 5.10 Å². The molecule has 39 heavy (non-hydrogen) atoms. The van der Waals surface area contributed by atoms with Crippen molar-refractivity contribution in [1.82, 2.24) is 24.1 Å². The number of aliphatic hydroxyl groups excluding tert-OH is 1. The summed E-state index contributed by atoms with van der Waals surface area (Å²) in [5, 5.41) is 17.2. The quantitative estimate of drug-likeness (QED) is 0.290. The van der Waals surface area contributed by atoms with Crippen LogP contribution in [0, 0.1) is 12.7 Å². The topological polar surface area (TPSA) is 131 Å². The van der Waals surface area contributed by atoms with Crippen molar-refractivity contribution in [2.75, 3.05) is 11.9 Å². The minimum absolute atomic E-state index is 0.0710. The summed E-state index contributed by atoms with van der Waals surface area (Å²) in [6.07, 6.45) is 4.13. The van der Waals surface area contributed by atoms with E-state index < -0.39 is 33.0 Å². The second kappa shape index (κ2) is 9.85. The zero-order chi connectivity index (χ0) is 28.1. The monoisotopic (exact) mass is 554 g/mol. The van der Waals surface area contributed by atoms with E-state index in [1.54, 1.807) is 44.0 Å². The molecule has 10 nitrogen and oxygen atoms in total. The molecule has 2 heterocycles. The van der Waals surface area contributed by atoms with E-state index in [4.69, 9.17) is 4.98 Å². The van der Waals surface area contributed by atoms with Crippen molar-refractivity contribution < 1.29 is 17.9 Å². The number of aromatic nitrogens is 4. The normalized spacial score (nSPS) is 15.4. The van der Waals surface area contributed by atoms with Gasteiger partial charge >= 0.3 is 0 Å². The molecule has 0 bridgehead atoms. The number of nitrogens with zero attached hydrogens (tertiary/aromatic N) is 4. The summed E-state index contributed by atoms with van der Waals surface area (Å²) in [4.78, 5) is 18.7. The van der Waals surface area contributed by atoms with E-state index in [0.29, 0.717) is 16.7 Å². The number of aryl methyl sites for hydroxylation is 2. The predicted octanol–water partition coefficient (Wildman–Crippen LogP) is 2.92. The maximum atomic E-state index is 14.0. The van der Waals surface area contributed by atoms with Crippen LogP contribution >= 0.6 is 0 Å². The third kappa shape index (κ3) is 5.58. The minimum atomic E-state index is -3.98. The standard InChI is InChI=1S/C27H31FN6O4S/c1-16-9-19(28)5-6-21(16)22-10-20(39(37,38)32-27(3)7-8-27)11-23-24(22)31-26(29-12-17(2)35)34(25(23)36)15-18-13-30-33(4)14-18/h5-6,9-11,13-14,17,32,35H,7-8,12,15H2,1-4H3,(H,29,31)/t17-/m0/s1. The molecule has 1 atom stereocenters. The first kappa shape index (κ1) is 27.0. The molecule has 2 aromatic carbocycles. The molecule has 0 spiro atoms. The van der Waals surface area contributed by atoms with E-state index in [1.165, 1.54) is 28.8 Å². The number of nitrogens with one attached hydrogen (secondary N) is 2. The highest BCUT2D eigenvalue weighted by atomic mass is 32.2. The van der Waals surface area contributed by atoms with Gasteiger partial charge in [-0.1, -0.05) is 6.07 Å². The molecule has 1 aliphatic carbocycles. The van der Waals surface area contributed by atoms with Crippen LogP contribution in [0.25, 0.3) is 22.0 Å². The van der Waals surface area contributed by atoms with Crippen LogP contribution in [0.2, 0.25) is 0 Å². The Labute approximate surface area is 225 Å². The Kier molecular flexibility index (Phi) is 6.81. The highest BCUT2D eigenvalue weighted by Crippen LogP contribution is 2.37.